The highest BCUT2D eigenvalue weighted by molar-refractivity contribution is 7.98. The minimum Gasteiger partial charge on any atom is -0.478 e. The summed E-state index contributed by atoms with van der Waals surface area (Å²) in [4.78, 5) is 32.7. The van der Waals surface area contributed by atoms with Crippen LogP contribution in [0.5, 0.6) is 0 Å². The fraction of sp³-hybridized carbons (Fsp3) is 0.300. The molecule has 0 aromatic carbocycles. The van der Waals surface area contributed by atoms with E-state index in [0.717, 1.165) is 35.2 Å². The lowest BCUT2D eigenvalue weighted by Gasteiger charge is -2.08. The first-order valence-corrected chi connectivity index (χ1v) is 10.9. The molecule has 0 atom stereocenters. The van der Waals surface area contributed by atoms with E-state index in [0.29, 0.717) is 16.6 Å². The van der Waals surface area contributed by atoms with Crippen molar-refractivity contribution < 1.29 is 9.90 Å². The zero-order valence-electron chi connectivity index (χ0n) is 15.9. The second-order valence-electron chi connectivity index (χ2n) is 6.60. The van der Waals surface area contributed by atoms with Crippen molar-refractivity contribution in [3.05, 3.63) is 62.0 Å². The molecule has 0 aliphatic heterocycles. The van der Waals surface area contributed by atoms with E-state index in [2.05, 4.69) is 29.2 Å². The number of hydrogen-bond acceptors (Lipinski definition) is 6. The van der Waals surface area contributed by atoms with Gasteiger partial charge in [-0.2, -0.15) is 0 Å². The van der Waals surface area contributed by atoms with Crippen molar-refractivity contribution >= 4 is 40.8 Å². The summed E-state index contributed by atoms with van der Waals surface area (Å²) < 4.78 is 1.45. The fourth-order valence-corrected chi connectivity index (χ4v) is 4.26. The molecule has 3 heterocycles. The molecule has 28 heavy (non-hydrogen) atoms. The number of fused-ring (bicyclic) bond motifs is 1. The average molecular weight is 416 g/mol. The molecule has 0 spiro atoms. The SMILES string of the molecule is CSc1nc2cc(CCc3nc(C(C)C)cs3)ccn2c(=O)c1C=CC(=O)O. The zero-order chi connectivity index (χ0) is 20.3. The molecule has 3 aromatic heterocycles. The van der Waals surface area contributed by atoms with E-state index in [1.807, 2.05) is 18.4 Å². The van der Waals surface area contributed by atoms with Crippen LogP contribution >= 0.6 is 23.1 Å². The molecule has 0 unspecified atom stereocenters. The highest BCUT2D eigenvalue weighted by Gasteiger charge is 2.11. The summed E-state index contributed by atoms with van der Waals surface area (Å²) in [6.45, 7) is 4.27. The molecule has 0 saturated heterocycles. The van der Waals surface area contributed by atoms with Crippen LogP contribution in [0.15, 0.2) is 39.6 Å². The molecule has 0 amide bonds. The summed E-state index contributed by atoms with van der Waals surface area (Å²) in [7, 11) is 0. The van der Waals surface area contributed by atoms with Crippen LogP contribution in [-0.2, 0) is 17.6 Å². The molecule has 8 heteroatoms. The van der Waals surface area contributed by atoms with E-state index in [4.69, 9.17) is 5.11 Å². The van der Waals surface area contributed by atoms with Crippen LogP contribution < -0.4 is 5.56 Å². The molecule has 6 nitrogen and oxygen atoms in total. The van der Waals surface area contributed by atoms with Gasteiger partial charge in [0.05, 0.1) is 16.3 Å². The number of nitrogens with zero attached hydrogens (tertiary/aromatic N) is 3. The van der Waals surface area contributed by atoms with Gasteiger partial charge in [0.25, 0.3) is 5.56 Å². The lowest BCUT2D eigenvalue weighted by atomic mass is 10.1. The first kappa shape index (κ1) is 20.3. The standard InChI is InChI=1S/C20H21N3O3S2/c1-12(2)15-11-28-17(21-15)6-4-13-8-9-23-16(10-13)22-19(27-3)14(20(23)26)5-7-18(24)25/h5,7-12H,4,6H2,1-3H3,(H,24,25). The number of rotatable bonds is 7. The van der Waals surface area contributed by atoms with Crippen molar-refractivity contribution in [1.82, 2.24) is 14.4 Å². The molecular weight excluding hydrogens is 394 g/mol. The Morgan fingerprint density at radius 2 is 2.14 bits per heavy atom. The van der Waals surface area contributed by atoms with Crippen molar-refractivity contribution in [3.8, 4) is 0 Å². The highest BCUT2D eigenvalue weighted by Crippen LogP contribution is 2.20. The molecule has 146 valence electrons. The van der Waals surface area contributed by atoms with Gasteiger partial charge in [-0.15, -0.1) is 23.1 Å². The number of carboxylic acid groups (broad SMARTS) is 1. The van der Waals surface area contributed by atoms with Gasteiger partial charge in [-0.1, -0.05) is 13.8 Å². The van der Waals surface area contributed by atoms with Crippen molar-refractivity contribution in [2.24, 2.45) is 0 Å². The van der Waals surface area contributed by atoms with Gasteiger partial charge in [-0.05, 0) is 42.4 Å². The van der Waals surface area contributed by atoms with E-state index < -0.39 is 5.97 Å². The van der Waals surface area contributed by atoms with Crippen LogP contribution in [0.4, 0.5) is 0 Å². The van der Waals surface area contributed by atoms with Crippen molar-refractivity contribution in [1.29, 1.82) is 0 Å². The smallest absolute Gasteiger partial charge is 0.328 e. The van der Waals surface area contributed by atoms with Crippen molar-refractivity contribution in [3.63, 3.8) is 0 Å². The van der Waals surface area contributed by atoms with Crippen molar-refractivity contribution in [2.45, 2.75) is 37.6 Å². The van der Waals surface area contributed by atoms with Crippen LogP contribution in [0.1, 0.15) is 41.6 Å². The van der Waals surface area contributed by atoms with E-state index in [1.54, 1.807) is 17.5 Å². The van der Waals surface area contributed by atoms with Crippen LogP contribution in [0.2, 0.25) is 0 Å². The number of thiazole rings is 1. The number of carbonyl (C=O) groups is 1. The lowest BCUT2D eigenvalue weighted by Crippen LogP contribution is -2.19. The first-order valence-electron chi connectivity index (χ1n) is 8.83. The van der Waals surface area contributed by atoms with Gasteiger partial charge < -0.3 is 5.11 Å². The zero-order valence-corrected chi connectivity index (χ0v) is 17.5. The summed E-state index contributed by atoms with van der Waals surface area (Å²) in [5, 5.41) is 12.6. The van der Waals surface area contributed by atoms with E-state index >= 15 is 0 Å². The Hall–Kier alpha value is -2.45. The Morgan fingerprint density at radius 3 is 2.79 bits per heavy atom. The topological polar surface area (TPSA) is 84.6 Å². The summed E-state index contributed by atoms with van der Waals surface area (Å²) in [6, 6.07) is 3.80. The Morgan fingerprint density at radius 1 is 1.36 bits per heavy atom. The molecule has 0 saturated carbocycles. The molecule has 0 aliphatic rings. The minimum atomic E-state index is -1.10. The maximum atomic E-state index is 12.7. The number of pyridine rings is 1. The third-order valence-corrected chi connectivity index (χ3v) is 5.89. The van der Waals surface area contributed by atoms with Crippen LogP contribution in [0.25, 0.3) is 11.7 Å². The largest absolute Gasteiger partial charge is 0.478 e. The van der Waals surface area contributed by atoms with Crippen LogP contribution in [0.3, 0.4) is 0 Å². The quantitative estimate of drug-likeness (QED) is 0.358. The monoisotopic (exact) mass is 415 g/mol. The van der Waals surface area contributed by atoms with Gasteiger partial charge in [-0.25, -0.2) is 14.8 Å². The highest BCUT2D eigenvalue weighted by atomic mass is 32.2. The van der Waals surface area contributed by atoms with E-state index in [9.17, 15) is 9.59 Å². The van der Waals surface area contributed by atoms with Gasteiger partial charge in [0.15, 0.2) is 0 Å². The molecule has 0 radical (unpaired) electrons. The number of aryl methyl sites for hydroxylation is 2. The fourth-order valence-electron chi connectivity index (χ4n) is 2.74. The molecule has 0 aliphatic carbocycles. The van der Waals surface area contributed by atoms with Gasteiger partial charge >= 0.3 is 5.97 Å². The van der Waals surface area contributed by atoms with Gasteiger partial charge in [-0.3, -0.25) is 9.20 Å². The third-order valence-electron chi connectivity index (χ3n) is 4.27. The minimum absolute atomic E-state index is 0.278. The molecule has 0 bridgehead atoms. The maximum absolute atomic E-state index is 12.7. The second-order valence-corrected chi connectivity index (χ2v) is 8.33. The predicted octanol–water partition coefficient (Wildman–Crippen LogP) is 3.88. The number of thioether (sulfide) groups is 1. The third kappa shape index (κ3) is 4.51. The average Bonchev–Trinajstić information content (AvgIpc) is 3.14. The maximum Gasteiger partial charge on any atom is 0.328 e. The van der Waals surface area contributed by atoms with Crippen molar-refractivity contribution in [2.75, 3.05) is 6.26 Å². The predicted molar refractivity (Wildman–Crippen MR) is 114 cm³/mol. The number of aliphatic carboxylic acids is 1. The molecule has 0 fully saturated rings. The van der Waals surface area contributed by atoms with Gasteiger partial charge in [0.2, 0.25) is 0 Å². The summed E-state index contributed by atoms with van der Waals surface area (Å²) in [5.41, 5.74) is 2.76. The first-order chi connectivity index (χ1) is 13.4. The Balaban J connectivity index is 1.89. The van der Waals surface area contributed by atoms with Crippen LogP contribution in [0, 0.1) is 0 Å². The molecule has 3 rings (SSSR count). The Kier molecular flexibility index (Phi) is 6.31. The van der Waals surface area contributed by atoms with Gasteiger partial charge in [0.1, 0.15) is 10.7 Å². The molecule has 1 N–H and O–H groups in total. The molecular formula is C20H21N3O3S2. The number of carboxylic acids is 1. The second kappa shape index (κ2) is 8.70. The Labute approximate surface area is 171 Å². The summed E-state index contributed by atoms with van der Waals surface area (Å²) in [5.74, 6) is -0.675. The van der Waals surface area contributed by atoms with Crippen LogP contribution in [-0.4, -0.2) is 31.7 Å². The number of hydrogen-bond donors (Lipinski definition) is 1. The summed E-state index contributed by atoms with van der Waals surface area (Å²) in [6.07, 6.45) is 7.43. The number of aromatic nitrogens is 3. The lowest BCUT2D eigenvalue weighted by molar-refractivity contribution is -0.131. The van der Waals surface area contributed by atoms with Gasteiger partial charge in [0, 0.05) is 24.1 Å². The molecule has 3 aromatic rings. The van der Waals surface area contributed by atoms with E-state index in [1.165, 1.54) is 22.2 Å². The van der Waals surface area contributed by atoms with E-state index in [-0.39, 0.29) is 11.1 Å². The Bertz CT molecular complexity index is 1100. The summed E-state index contributed by atoms with van der Waals surface area (Å²) >= 11 is 3.00. The normalized spacial score (nSPS) is 11.7.